The van der Waals surface area contributed by atoms with E-state index in [9.17, 15) is 32.3 Å². The first-order valence-corrected chi connectivity index (χ1v) is 12.8. The van der Waals surface area contributed by atoms with Crippen LogP contribution < -0.4 is 10.6 Å². The predicted molar refractivity (Wildman–Crippen MR) is 142 cm³/mol. The first kappa shape index (κ1) is 30.9. The molecule has 0 aliphatic carbocycles. The average molecular weight is 561 g/mol. The highest BCUT2D eigenvalue weighted by atomic mass is 19.2. The van der Waals surface area contributed by atoms with Crippen LogP contribution in [0.3, 0.4) is 0 Å². The Labute approximate surface area is 230 Å². The van der Waals surface area contributed by atoms with Crippen LogP contribution in [-0.2, 0) is 28.9 Å². The van der Waals surface area contributed by atoms with E-state index >= 15 is 0 Å². The van der Waals surface area contributed by atoms with Gasteiger partial charge in [0.15, 0.2) is 17.4 Å². The number of amides is 1. The number of benzene rings is 3. The zero-order valence-corrected chi connectivity index (χ0v) is 22.2. The van der Waals surface area contributed by atoms with E-state index in [1.54, 1.807) is 0 Å². The van der Waals surface area contributed by atoms with Gasteiger partial charge in [0.1, 0.15) is 17.7 Å². The van der Waals surface area contributed by atoms with Gasteiger partial charge in [-0.15, -0.1) is 0 Å². The van der Waals surface area contributed by atoms with Gasteiger partial charge >= 0.3 is 0 Å². The van der Waals surface area contributed by atoms with Gasteiger partial charge in [0.25, 0.3) is 0 Å². The molecule has 0 heterocycles. The fourth-order valence-corrected chi connectivity index (χ4v) is 4.25. The number of aryl methyl sites for hydroxylation is 1. The van der Waals surface area contributed by atoms with Gasteiger partial charge in [-0.3, -0.25) is 9.59 Å². The van der Waals surface area contributed by atoms with Gasteiger partial charge in [0.2, 0.25) is 5.91 Å². The molecule has 6 nitrogen and oxygen atoms in total. The minimum Gasteiger partial charge on any atom is -0.390 e. The smallest absolute Gasteiger partial charge is 0.249 e. The number of aliphatic hydroxyl groups excluding tert-OH is 1. The van der Waals surface area contributed by atoms with Gasteiger partial charge < -0.3 is 20.5 Å². The lowest BCUT2D eigenvalue weighted by molar-refractivity contribution is -0.132. The van der Waals surface area contributed by atoms with Crippen LogP contribution in [0.1, 0.15) is 40.4 Å². The zero-order valence-electron chi connectivity index (χ0n) is 22.2. The lowest BCUT2D eigenvalue weighted by Crippen LogP contribution is -2.51. The molecule has 3 aromatic rings. The Bertz CT molecular complexity index is 1300. The topological polar surface area (TPSA) is 87.7 Å². The third-order valence-corrected chi connectivity index (χ3v) is 6.44. The Balaban J connectivity index is 1.71. The van der Waals surface area contributed by atoms with E-state index in [0.29, 0.717) is 12.6 Å². The number of rotatable bonds is 14. The molecule has 3 atom stereocenters. The van der Waals surface area contributed by atoms with E-state index in [0.717, 1.165) is 47.9 Å². The maximum atomic E-state index is 13.8. The Morgan fingerprint density at radius 2 is 1.60 bits per heavy atom. The molecule has 1 amide bonds. The number of nitrogens with one attached hydrogen (secondary N) is 2. The molecular formula is C30H32F4N2O4. The number of methoxy groups -OCH3 is 1. The molecule has 0 fully saturated rings. The molecule has 40 heavy (non-hydrogen) atoms. The molecule has 0 aliphatic rings. The molecule has 214 valence electrons. The summed E-state index contributed by atoms with van der Waals surface area (Å²) in [6.07, 6.45) is -2.26. The number of hydrogen-bond donors (Lipinski definition) is 3. The van der Waals surface area contributed by atoms with Crippen molar-refractivity contribution in [1.29, 1.82) is 0 Å². The quantitative estimate of drug-likeness (QED) is 0.203. The van der Waals surface area contributed by atoms with Gasteiger partial charge in [-0.2, -0.15) is 0 Å². The highest BCUT2D eigenvalue weighted by Crippen LogP contribution is 2.15. The maximum absolute atomic E-state index is 13.8. The molecule has 3 N–H and O–H groups in total. The summed E-state index contributed by atoms with van der Waals surface area (Å²) in [6, 6.07) is 12.4. The molecule has 0 spiro atoms. The molecule has 0 saturated carbocycles. The third kappa shape index (κ3) is 8.97. The molecule has 1 unspecified atom stereocenters. The summed E-state index contributed by atoms with van der Waals surface area (Å²) < 4.78 is 59.6. The van der Waals surface area contributed by atoms with E-state index in [1.807, 2.05) is 31.2 Å². The molecule has 0 bridgehead atoms. The van der Waals surface area contributed by atoms with Crippen molar-refractivity contribution >= 4 is 11.7 Å². The summed E-state index contributed by atoms with van der Waals surface area (Å²) in [4.78, 5) is 25.7. The molecule has 0 radical (unpaired) electrons. The first-order valence-electron chi connectivity index (χ1n) is 12.8. The van der Waals surface area contributed by atoms with Crippen molar-refractivity contribution in [3.8, 4) is 0 Å². The number of Topliss-reactive ketones (excluding diaryl/α,β-unsaturated/α-hetero) is 1. The normalized spacial score (nSPS) is 13.5. The van der Waals surface area contributed by atoms with Crippen LogP contribution in [0.5, 0.6) is 0 Å². The molecule has 0 aliphatic heterocycles. The number of ketones is 1. The van der Waals surface area contributed by atoms with Crippen molar-refractivity contribution in [2.24, 2.45) is 0 Å². The lowest BCUT2D eigenvalue weighted by Gasteiger charge is -2.27. The fourth-order valence-electron chi connectivity index (χ4n) is 4.25. The van der Waals surface area contributed by atoms with E-state index in [1.165, 1.54) is 7.11 Å². The Morgan fingerprint density at radius 3 is 2.25 bits per heavy atom. The number of aliphatic hydroxyl groups is 1. The van der Waals surface area contributed by atoms with Crippen LogP contribution >= 0.6 is 0 Å². The van der Waals surface area contributed by atoms with Crippen molar-refractivity contribution in [3.63, 3.8) is 0 Å². The van der Waals surface area contributed by atoms with Crippen LogP contribution in [0.25, 0.3) is 0 Å². The summed E-state index contributed by atoms with van der Waals surface area (Å²) in [5.41, 5.74) is 2.21. The first-order chi connectivity index (χ1) is 19.1. The van der Waals surface area contributed by atoms with Crippen molar-refractivity contribution in [3.05, 3.63) is 106 Å². The lowest BCUT2D eigenvalue weighted by atomic mass is 9.99. The summed E-state index contributed by atoms with van der Waals surface area (Å²) >= 11 is 0. The Hall–Kier alpha value is -3.60. The van der Waals surface area contributed by atoms with Gasteiger partial charge in [-0.05, 0) is 59.9 Å². The van der Waals surface area contributed by atoms with Crippen LogP contribution in [0.2, 0.25) is 0 Å². The number of hydrogen-bond acceptors (Lipinski definition) is 5. The Kier molecular flexibility index (Phi) is 11.4. The number of carbonyl (C=O) groups excluding carboxylic acids is 2. The van der Waals surface area contributed by atoms with Crippen molar-refractivity contribution in [1.82, 2.24) is 10.6 Å². The molecule has 3 rings (SSSR count). The number of halogens is 4. The minimum atomic E-state index is -1.33. The SMILES string of the molecule is CCc1cccc(CNC[C@H](O)[C@H](Cc2cc(F)cc(F)c2)NC(=O)C(CC(=O)c2ccc(F)c(F)c2)OC)c1. The van der Waals surface area contributed by atoms with Gasteiger partial charge in [0, 0.05) is 38.2 Å². The summed E-state index contributed by atoms with van der Waals surface area (Å²) in [7, 11) is 1.20. The molecular weight excluding hydrogens is 528 g/mol. The van der Waals surface area contributed by atoms with E-state index < -0.39 is 59.6 Å². The van der Waals surface area contributed by atoms with Crippen LogP contribution in [0, 0.1) is 23.3 Å². The largest absolute Gasteiger partial charge is 0.390 e. The third-order valence-electron chi connectivity index (χ3n) is 6.44. The van der Waals surface area contributed by atoms with E-state index in [4.69, 9.17) is 4.74 Å². The second-order valence-electron chi connectivity index (χ2n) is 9.45. The molecule has 0 aromatic heterocycles. The molecule has 10 heteroatoms. The van der Waals surface area contributed by atoms with Crippen molar-refractivity contribution < 1.29 is 37.0 Å². The monoisotopic (exact) mass is 560 g/mol. The van der Waals surface area contributed by atoms with Crippen LogP contribution in [-0.4, -0.2) is 48.7 Å². The fraction of sp³-hybridized carbons (Fsp3) is 0.333. The van der Waals surface area contributed by atoms with Crippen LogP contribution in [0.4, 0.5) is 17.6 Å². The summed E-state index contributed by atoms with van der Waals surface area (Å²) in [5.74, 6) is -5.37. The second kappa shape index (κ2) is 14.7. The van der Waals surface area contributed by atoms with Crippen LogP contribution in [0.15, 0.2) is 60.7 Å². The zero-order chi connectivity index (χ0) is 29.2. The Morgan fingerprint density at radius 1 is 0.900 bits per heavy atom. The highest BCUT2D eigenvalue weighted by Gasteiger charge is 2.28. The minimum absolute atomic E-state index is 0.0323. The highest BCUT2D eigenvalue weighted by molar-refractivity contribution is 5.99. The summed E-state index contributed by atoms with van der Waals surface area (Å²) in [5, 5.41) is 16.7. The second-order valence-corrected chi connectivity index (χ2v) is 9.45. The van der Waals surface area contributed by atoms with Crippen molar-refractivity contribution in [2.45, 2.75) is 51.0 Å². The standard InChI is InChI=1S/C30H32F4N2O4/c1-3-18-5-4-6-19(9-18)16-35-17-28(38)26(12-20-10-22(31)14-23(32)11-20)36-30(39)29(40-2)15-27(37)21-7-8-24(33)25(34)13-21/h4-11,13-14,26,28-29,35,38H,3,12,15-17H2,1-2H3,(H,36,39)/t26-,28-,29?/m0/s1. The molecule has 3 aromatic carbocycles. The van der Waals surface area contributed by atoms with E-state index in [2.05, 4.69) is 10.6 Å². The predicted octanol–water partition coefficient (Wildman–Crippen LogP) is 4.27. The van der Waals surface area contributed by atoms with Gasteiger partial charge in [0.05, 0.1) is 12.1 Å². The van der Waals surface area contributed by atoms with Gasteiger partial charge in [-0.25, -0.2) is 17.6 Å². The van der Waals surface area contributed by atoms with Gasteiger partial charge in [-0.1, -0.05) is 31.2 Å². The molecule has 0 saturated heterocycles. The number of carbonyl (C=O) groups is 2. The van der Waals surface area contributed by atoms with Crippen molar-refractivity contribution in [2.75, 3.05) is 13.7 Å². The summed E-state index contributed by atoms with van der Waals surface area (Å²) in [6.45, 7) is 2.51. The maximum Gasteiger partial charge on any atom is 0.249 e. The average Bonchev–Trinajstić information content (AvgIpc) is 2.92. The number of ether oxygens (including phenoxy) is 1. The van der Waals surface area contributed by atoms with E-state index in [-0.39, 0.29) is 24.1 Å².